The van der Waals surface area contributed by atoms with Crippen molar-refractivity contribution in [3.63, 3.8) is 0 Å². The van der Waals surface area contributed by atoms with E-state index in [4.69, 9.17) is 37.4 Å². The van der Waals surface area contributed by atoms with Crippen LogP contribution >= 0.6 is 39.1 Å². The molecule has 0 amide bonds. The fraction of sp³-hybridized carbons (Fsp3) is 0.333. The SMILES string of the molecule is COc1ccc(NC2COC(CBr)(c3ccc(Cl)cc3Cl)O2)c(C)c1. The second-order valence-corrected chi connectivity index (χ2v) is 7.16. The molecule has 7 heteroatoms. The Bertz CT molecular complexity index is 774. The number of aryl methyl sites for hydroxylation is 1. The lowest BCUT2D eigenvalue weighted by atomic mass is 10.1. The Morgan fingerprint density at radius 2 is 2.08 bits per heavy atom. The number of halogens is 3. The number of hydrogen-bond acceptors (Lipinski definition) is 4. The van der Waals surface area contributed by atoms with Crippen molar-refractivity contribution in [3.05, 3.63) is 57.6 Å². The topological polar surface area (TPSA) is 39.7 Å². The summed E-state index contributed by atoms with van der Waals surface area (Å²) in [4.78, 5) is 0. The van der Waals surface area contributed by atoms with Gasteiger partial charge < -0.3 is 19.5 Å². The fourth-order valence-corrected chi connectivity index (χ4v) is 3.91. The van der Waals surface area contributed by atoms with Gasteiger partial charge in [0.25, 0.3) is 0 Å². The van der Waals surface area contributed by atoms with E-state index in [9.17, 15) is 0 Å². The molecular formula is C18H18BrCl2NO3. The average Bonchev–Trinajstić information content (AvgIpc) is 3.01. The number of methoxy groups -OCH3 is 1. The Morgan fingerprint density at radius 3 is 2.72 bits per heavy atom. The van der Waals surface area contributed by atoms with Gasteiger partial charge in [-0.3, -0.25) is 0 Å². The summed E-state index contributed by atoms with van der Waals surface area (Å²) in [5.41, 5.74) is 2.76. The van der Waals surface area contributed by atoms with E-state index in [1.54, 1.807) is 19.2 Å². The zero-order chi connectivity index (χ0) is 18.0. The Hall–Kier alpha value is -0.980. The van der Waals surface area contributed by atoms with Crippen molar-refractivity contribution in [3.8, 4) is 5.75 Å². The fourth-order valence-electron chi connectivity index (χ4n) is 2.76. The van der Waals surface area contributed by atoms with Crippen LogP contribution < -0.4 is 10.1 Å². The molecule has 1 heterocycles. The quantitative estimate of drug-likeness (QED) is 0.629. The van der Waals surface area contributed by atoms with Crippen molar-refractivity contribution in [2.45, 2.75) is 18.9 Å². The highest BCUT2D eigenvalue weighted by molar-refractivity contribution is 9.09. The van der Waals surface area contributed by atoms with Gasteiger partial charge in [-0.15, -0.1) is 0 Å². The number of alkyl halides is 1. The van der Waals surface area contributed by atoms with Gasteiger partial charge in [0.1, 0.15) is 5.75 Å². The van der Waals surface area contributed by atoms with Gasteiger partial charge in [0.05, 0.1) is 24.1 Å². The highest BCUT2D eigenvalue weighted by atomic mass is 79.9. The van der Waals surface area contributed by atoms with Crippen LogP contribution in [0.2, 0.25) is 10.0 Å². The highest BCUT2D eigenvalue weighted by Crippen LogP contribution is 2.40. The van der Waals surface area contributed by atoms with Crippen molar-refractivity contribution in [2.24, 2.45) is 0 Å². The summed E-state index contributed by atoms with van der Waals surface area (Å²) >= 11 is 15.8. The Balaban J connectivity index is 1.79. The molecule has 2 unspecified atom stereocenters. The van der Waals surface area contributed by atoms with E-state index in [1.807, 2.05) is 31.2 Å². The third kappa shape index (κ3) is 3.91. The van der Waals surface area contributed by atoms with E-state index >= 15 is 0 Å². The van der Waals surface area contributed by atoms with Crippen LogP contribution in [0.4, 0.5) is 5.69 Å². The molecule has 1 aliphatic rings. The van der Waals surface area contributed by atoms with Gasteiger partial charge in [0, 0.05) is 16.3 Å². The van der Waals surface area contributed by atoms with Crippen LogP contribution in [-0.4, -0.2) is 25.3 Å². The maximum absolute atomic E-state index is 6.34. The monoisotopic (exact) mass is 445 g/mol. The first-order chi connectivity index (χ1) is 12.0. The summed E-state index contributed by atoms with van der Waals surface area (Å²) in [7, 11) is 1.65. The van der Waals surface area contributed by atoms with Gasteiger partial charge in [-0.1, -0.05) is 45.2 Å². The lowest BCUT2D eigenvalue weighted by molar-refractivity contribution is -0.153. The molecule has 1 aliphatic heterocycles. The summed E-state index contributed by atoms with van der Waals surface area (Å²) in [6.07, 6.45) is -0.309. The molecule has 2 aromatic rings. The van der Waals surface area contributed by atoms with Gasteiger partial charge in [0.2, 0.25) is 5.79 Å². The summed E-state index contributed by atoms with van der Waals surface area (Å²) in [5, 5.41) is 4.88. The van der Waals surface area contributed by atoms with E-state index in [0.29, 0.717) is 22.0 Å². The number of rotatable bonds is 5. The smallest absolute Gasteiger partial charge is 0.208 e. The first-order valence-electron chi connectivity index (χ1n) is 7.72. The normalized spacial score (nSPS) is 22.8. The minimum Gasteiger partial charge on any atom is -0.497 e. The van der Waals surface area contributed by atoms with E-state index in [0.717, 1.165) is 22.6 Å². The molecule has 0 aromatic heterocycles. The molecule has 1 saturated heterocycles. The molecular weight excluding hydrogens is 429 g/mol. The van der Waals surface area contributed by atoms with E-state index in [-0.39, 0.29) is 6.23 Å². The van der Waals surface area contributed by atoms with Gasteiger partial charge in [0.15, 0.2) is 6.23 Å². The predicted molar refractivity (Wildman–Crippen MR) is 104 cm³/mol. The maximum Gasteiger partial charge on any atom is 0.208 e. The minimum atomic E-state index is -0.959. The van der Waals surface area contributed by atoms with Crippen molar-refractivity contribution in [1.29, 1.82) is 0 Å². The molecule has 3 rings (SSSR count). The van der Waals surface area contributed by atoms with E-state index in [1.165, 1.54) is 0 Å². The van der Waals surface area contributed by atoms with Crippen molar-refractivity contribution in [1.82, 2.24) is 0 Å². The number of ether oxygens (including phenoxy) is 3. The standard InChI is InChI=1S/C18H18BrCl2NO3/c1-11-7-13(23-2)4-6-16(11)22-17-9-24-18(10-19,25-17)14-5-3-12(20)8-15(14)21/h3-8,17,22H,9-10H2,1-2H3. The Morgan fingerprint density at radius 1 is 1.28 bits per heavy atom. The van der Waals surface area contributed by atoms with Crippen LogP contribution in [0.5, 0.6) is 5.75 Å². The minimum absolute atomic E-state index is 0.309. The largest absolute Gasteiger partial charge is 0.497 e. The molecule has 0 aliphatic carbocycles. The van der Waals surface area contributed by atoms with Crippen LogP contribution in [0.25, 0.3) is 0 Å². The summed E-state index contributed by atoms with van der Waals surface area (Å²) in [6, 6.07) is 11.1. The van der Waals surface area contributed by atoms with Gasteiger partial charge in [-0.2, -0.15) is 0 Å². The molecule has 2 atom stereocenters. The number of anilines is 1. The predicted octanol–water partition coefficient (Wildman–Crippen LogP) is 5.34. The van der Waals surface area contributed by atoms with Crippen molar-refractivity contribution >= 4 is 44.8 Å². The zero-order valence-electron chi connectivity index (χ0n) is 13.8. The molecule has 0 bridgehead atoms. The highest BCUT2D eigenvalue weighted by Gasteiger charge is 2.44. The molecule has 0 radical (unpaired) electrons. The second-order valence-electron chi connectivity index (χ2n) is 5.75. The van der Waals surface area contributed by atoms with Gasteiger partial charge >= 0.3 is 0 Å². The molecule has 1 fully saturated rings. The third-order valence-corrected chi connectivity index (χ3v) is 5.35. The summed E-state index contributed by atoms with van der Waals surface area (Å²) < 4.78 is 17.4. The lowest BCUT2D eigenvalue weighted by Crippen LogP contribution is -2.32. The second kappa shape index (κ2) is 7.72. The van der Waals surface area contributed by atoms with Crippen molar-refractivity contribution in [2.75, 3.05) is 24.4 Å². The Labute approximate surface area is 165 Å². The first-order valence-corrected chi connectivity index (χ1v) is 9.59. The number of benzene rings is 2. The molecule has 0 saturated carbocycles. The third-order valence-electron chi connectivity index (χ3n) is 4.07. The molecule has 2 aromatic carbocycles. The van der Waals surface area contributed by atoms with E-state index < -0.39 is 5.79 Å². The van der Waals surface area contributed by atoms with Gasteiger partial charge in [-0.25, -0.2) is 0 Å². The average molecular weight is 447 g/mol. The summed E-state index contributed by atoms with van der Waals surface area (Å²) in [6.45, 7) is 2.39. The molecule has 1 N–H and O–H groups in total. The van der Waals surface area contributed by atoms with E-state index in [2.05, 4.69) is 21.2 Å². The number of hydrogen-bond donors (Lipinski definition) is 1. The molecule has 0 spiro atoms. The van der Waals surface area contributed by atoms with Crippen LogP contribution in [0.1, 0.15) is 11.1 Å². The molecule has 25 heavy (non-hydrogen) atoms. The lowest BCUT2D eigenvalue weighted by Gasteiger charge is -2.27. The molecule has 4 nitrogen and oxygen atoms in total. The molecule has 134 valence electrons. The van der Waals surface area contributed by atoms with Crippen molar-refractivity contribution < 1.29 is 14.2 Å². The van der Waals surface area contributed by atoms with Crippen LogP contribution in [0.15, 0.2) is 36.4 Å². The number of nitrogens with one attached hydrogen (secondary N) is 1. The maximum atomic E-state index is 6.34. The van der Waals surface area contributed by atoms with Crippen LogP contribution in [-0.2, 0) is 15.3 Å². The van der Waals surface area contributed by atoms with Crippen LogP contribution in [0.3, 0.4) is 0 Å². The van der Waals surface area contributed by atoms with Crippen LogP contribution in [0, 0.1) is 6.92 Å². The van der Waals surface area contributed by atoms with Gasteiger partial charge in [-0.05, 0) is 42.8 Å². The summed E-state index contributed by atoms with van der Waals surface area (Å²) in [5.74, 6) is -0.144. The Kier molecular flexibility index (Phi) is 5.81. The first kappa shape index (κ1) is 18.8. The zero-order valence-corrected chi connectivity index (χ0v) is 16.9.